The van der Waals surface area contributed by atoms with Crippen molar-refractivity contribution in [2.45, 2.75) is 25.6 Å². The van der Waals surface area contributed by atoms with Crippen molar-refractivity contribution in [3.8, 4) is 17.3 Å². The van der Waals surface area contributed by atoms with E-state index in [1.807, 2.05) is 6.07 Å². The van der Waals surface area contributed by atoms with E-state index < -0.39 is 35.8 Å². The van der Waals surface area contributed by atoms with E-state index in [2.05, 4.69) is 30.8 Å². The average Bonchev–Trinajstić information content (AvgIpc) is 3.17. The van der Waals surface area contributed by atoms with Gasteiger partial charge in [0.15, 0.2) is 17.3 Å². The second kappa shape index (κ2) is 8.03. The summed E-state index contributed by atoms with van der Waals surface area (Å²) in [4.78, 5) is 32.0. The number of hydrogen-bond acceptors (Lipinski definition) is 6. The highest BCUT2D eigenvalue weighted by atomic mass is 35.5. The van der Waals surface area contributed by atoms with Gasteiger partial charge in [0.1, 0.15) is 12.2 Å². The lowest BCUT2D eigenvalue weighted by atomic mass is 9.98. The first-order valence-corrected chi connectivity index (χ1v) is 10.5. The molecular weight excluding hydrogens is 470 g/mol. The zero-order valence-corrected chi connectivity index (χ0v) is 18.2. The number of fused-ring (bicyclic) bond motifs is 2. The molecule has 4 aromatic rings. The molecule has 1 unspecified atom stereocenters. The third kappa shape index (κ3) is 3.60. The van der Waals surface area contributed by atoms with Crippen LogP contribution in [0.4, 0.5) is 14.6 Å². The largest absolute Gasteiger partial charge is 0.337 e. The van der Waals surface area contributed by atoms with Crippen molar-refractivity contribution in [2.75, 3.05) is 5.32 Å². The maximum absolute atomic E-state index is 15.4. The van der Waals surface area contributed by atoms with E-state index in [-0.39, 0.29) is 39.6 Å². The second-order valence-corrected chi connectivity index (χ2v) is 8.23. The quantitative estimate of drug-likeness (QED) is 0.397. The van der Waals surface area contributed by atoms with Crippen LogP contribution in [0.15, 0.2) is 24.8 Å². The molecule has 3 N–H and O–H groups in total. The number of H-pyrrole nitrogens is 1. The Labute approximate surface area is 194 Å². The number of carbonyl (C=O) groups is 2. The smallest absolute Gasteiger partial charge is 0.231 e. The summed E-state index contributed by atoms with van der Waals surface area (Å²) in [5.41, 5.74) is 0.912. The number of nitrogens with one attached hydrogen (secondary N) is 3. The van der Waals surface area contributed by atoms with Crippen molar-refractivity contribution in [3.63, 3.8) is 0 Å². The lowest BCUT2D eigenvalue weighted by Crippen LogP contribution is -2.26. The molecule has 13 heteroatoms. The van der Waals surface area contributed by atoms with Crippen LogP contribution in [0.3, 0.4) is 0 Å². The van der Waals surface area contributed by atoms with Crippen LogP contribution in [0.1, 0.15) is 24.9 Å². The van der Waals surface area contributed by atoms with Gasteiger partial charge in [0.2, 0.25) is 11.8 Å². The number of amides is 2. The Bertz CT molecular complexity index is 1520. The Morgan fingerprint density at radius 3 is 2.82 bits per heavy atom. The third-order valence-electron chi connectivity index (χ3n) is 5.49. The Kier molecular flexibility index (Phi) is 5.13. The monoisotopic (exact) mass is 484 g/mol. The van der Waals surface area contributed by atoms with Crippen LogP contribution in [0.25, 0.3) is 27.8 Å². The Morgan fingerprint density at radius 2 is 2.15 bits per heavy atom. The lowest BCUT2D eigenvalue weighted by Gasteiger charge is -2.16. The van der Waals surface area contributed by atoms with Gasteiger partial charge in [-0.3, -0.25) is 19.7 Å². The van der Waals surface area contributed by atoms with E-state index in [0.717, 1.165) is 0 Å². The number of nitriles is 1. The molecule has 172 valence electrons. The standard InChI is InChI=1S/C21H15ClF2N8O2/c1-8(33)28-12(3-25)17-19(24)18(22)16(10-4-27-31-20(10)17)13-6-32-7-14(29-15(32)5-26-13)30-21(34)9-2-11(9)23/h4-7,9,11-12H,2H2,1H3,(H,27,31)(H,28,33)(H,30,34)/t9-,11+,12?/m1/s1. The van der Waals surface area contributed by atoms with E-state index in [1.54, 1.807) is 4.40 Å². The molecule has 1 saturated carbocycles. The molecule has 0 bridgehead atoms. The van der Waals surface area contributed by atoms with E-state index in [9.17, 15) is 19.2 Å². The van der Waals surface area contributed by atoms with Crippen LogP contribution < -0.4 is 10.6 Å². The highest BCUT2D eigenvalue weighted by molar-refractivity contribution is 6.35. The van der Waals surface area contributed by atoms with Gasteiger partial charge in [-0.15, -0.1) is 0 Å². The summed E-state index contributed by atoms with van der Waals surface area (Å²) in [7, 11) is 0. The Balaban J connectivity index is 1.58. The highest BCUT2D eigenvalue weighted by Gasteiger charge is 2.43. The molecule has 34 heavy (non-hydrogen) atoms. The van der Waals surface area contributed by atoms with Gasteiger partial charge in [0.05, 0.1) is 52.4 Å². The zero-order valence-electron chi connectivity index (χ0n) is 17.4. The van der Waals surface area contributed by atoms with Crippen molar-refractivity contribution >= 4 is 45.8 Å². The molecule has 3 aromatic heterocycles. The van der Waals surface area contributed by atoms with Gasteiger partial charge < -0.3 is 15.0 Å². The number of aromatic nitrogens is 5. The van der Waals surface area contributed by atoms with Crippen molar-refractivity contribution in [1.82, 2.24) is 29.9 Å². The summed E-state index contributed by atoms with van der Waals surface area (Å²) in [6.07, 6.45) is 4.94. The van der Waals surface area contributed by atoms with E-state index >= 15 is 4.39 Å². The molecule has 3 heterocycles. The number of nitrogens with zero attached hydrogens (tertiary/aromatic N) is 5. The molecule has 0 saturated heterocycles. The SMILES string of the molecule is CC(=O)NC(C#N)c1c(F)c(Cl)c(-c2cn3cc(NC(=O)[C@@H]4C[C@@H]4F)nc3cn2)c2cn[nH]c12. The maximum Gasteiger partial charge on any atom is 0.231 e. The Morgan fingerprint density at radius 1 is 1.38 bits per heavy atom. The summed E-state index contributed by atoms with van der Waals surface area (Å²) in [5.74, 6) is -2.31. The third-order valence-corrected chi connectivity index (χ3v) is 5.85. The Hall–Kier alpha value is -4.11. The first kappa shape index (κ1) is 21.7. The van der Waals surface area contributed by atoms with Gasteiger partial charge in [-0.2, -0.15) is 10.4 Å². The minimum absolute atomic E-state index is 0.140. The fourth-order valence-corrected chi connectivity index (χ4v) is 4.07. The molecule has 0 spiro atoms. The molecular formula is C21H15ClF2N8O2. The number of rotatable bonds is 5. The second-order valence-electron chi connectivity index (χ2n) is 7.85. The summed E-state index contributed by atoms with van der Waals surface area (Å²) in [6, 6.07) is 0.558. The number of imidazole rings is 1. The fourth-order valence-electron chi connectivity index (χ4n) is 3.77. The molecule has 1 aliphatic carbocycles. The molecule has 10 nitrogen and oxygen atoms in total. The van der Waals surface area contributed by atoms with Gasteiger partial charge in [0, 0.05) is 24.1 Å². The van der Waals surface area contributed by atoms with E-state index in [0.29, 0.717) is 11.0 Å². The number of halogens is 3. The normalized spacial score (nSPS) is 18.0. The van der Waals surface area contributed by atoms with Crippen molar-refractivity contribution < 1.29 is 18.4 Å². The maximum atomic E-state index is 15.4. The van der Waals surface area contributed by atoms with Crippen LogP contribution in [-0.4, -0.2) is 42.6 Å². The molecule has 1 aromatic carbocycles. The number of anilines is 1. The molecule has 3 atom stereocenters. The number of aromatic amines is 1. The predicted octanol–water partition coefficient (Wildman–Crippen LogP) is 3.06. The summed E-state index contributed by atoms with van der Waals surface area (Å²) >= 11 is 6.39. The summed E-state index contributed by atoms with van der Waals surface area (Å²) < 4.78 is 30.1. The minimum Gasteiger partial charge on any atom is -0.337 e. The van der Waals surface area contributed by atoms with Crippen molar-refractivity contribution in [1.29, 1.82) is 5.26 Å². The van der Waals surface area contributed by atoms with Crippen molar-refractivity contribution in [3.05, 3.63) is 41.2 Å². The first-order chi connectivity index (χ1) is 16.3. The molecule has 5 rings (SSSR count). The summed E-state index contributed by atoms with van der Waals surface area (Å²) in [6.45, 7) is 1.21. The molecule has 1 aliphatic rings. The zero-order chi connectivity index (χ0) is 24.1. The summed E-state index contributed by atoms with van der Waals surface area (Å²) in [5, 5.41) is 21.1. The van der Waals surface area contributed by atoms with Gasteiger partial charge in [-0.25, -0.2) is 13.8 Å². The van der Waals surface area contributed by atoms with Crippen LogP contribution in [0.5, 0.6) is 0 Å². The molecule has 2 amide bonds. The van der Waals surface area contributed by atoms with E-state index in [1.165, 1.54) is 31.7 Å². The van der Waals surface area contributed by atoms with Crippen LogP contribution >= 0.6 is 11.6 Å². The number of carbonyl (C=O) groups excluding carboxylic acids is 2. The van der Waals surface area contributed by atoms with Gasteiger partial charge >= 0.3 is 0 Å². The topological polar surface area (TPSA) is 141 Å². The molecule has 0 aliphatic heterocycles. The van der Waals surface area contributed by atoms with E-state index in [4.69, 9.17) is 11.6 Å². The van der Waals surface area contributed by atoms with Gasteiger partial charge in [-0.1, -0.05) is 11.6 Å². The fraction of sp³-hybridized carbons (Fsp3) is 0.238. The highest BCUT2D eigenvalue weighted by Crippen LogP contribution is 2.40. The minimum atomic E-state index is -1.29. The first-order valence-electron chi connectivity index (χ1n) is 10.1. The van der Waals surface area contributed by atoms with Crippen molar-refractivity contribution in [2.24, 2.45) is 5.92 Å². The lowest BCUT2D eigenvalue weighted by molar-refractivity contribution is -0.119. The number of hydrogen-bond donors (Lipinski definition) is 3. The molecule has 1 fully saturated rings. The number of alkyl halides is 1. The van der Waals surface area contributed by atoms with Gasteiger partial charge in [-0.05, 0) is 6.42 Å². The molecule has 0 radical (unpaired) electrons. The van der Waals surface area contributed by atoms with Gasteiger partial charge in [0.25, 0.3) is 0 Å². The van der Waals surface area contributed by atoms with Crippen LogP contribution in [0, 0.1) is 23.1 Å². The van der Waals surface area contributed by atoms with Crippen LogP contribution in [0.2, 0.25) is 5.02 Å². The predicted molar refractivity (Wildman–Crippen MR) is 117 cm³/mol. The average molecular weight is 485 g/mol. The number of benzene rings is 1. The van der Waals surface area contributed by atoms with Crippen LogP contribution in [-0.2, 0) is 9.59 Å².